The molecule has 1 aliphatic heterocycles. The highest BCUT2D eigenvalue weighted by molar-refractivity contribution is 5.07. The third-order valence-electron chi connectivity index (χ3n) is 5.33. The van der Waals surface area contributed by atoms with Crippen molar-refractivity contribution in [2.75, 3.05) is 0 Å². The molecular weight excluding hydrogens is 248 g/mol. The number of aromatic nitrogens is 3. The maximum Gasteiger partial charge on any atom is 0.136 e. The molecule has 0 saturated heterocycles. The summed E-state index contributed by atoms with van der Waals surface area (Å²) in [6.45, 7) is 8.03. The predicted molar refractivity (Wildman–Crippen MR) is 80.5 cm³/mol. The summed E-state index contributed by atoms with van der Waals surface area (Å²) in [5.74, 6) is 3.81. The predicted octanol–water partition coefficient (Wildman–Crippen LogP) is 2.87. The lowest BCUT2D eigenvalue weighted by Crippen LogP contribution is -2.33. The second-order valence-corrected chi connectivity index (χ2v) is 7.80. The van der Waals surface area contributed by atoms with E-state index in [1.807, 2.05) is 0 Å². The van der Waals surface area contributed by atoms with Gasteiger partial charge in [-0.25, -0.2) is 0 Å². The van der Waals surface area contributed by atoms with Gasteiger partial charge in [-0.1, -0.05) is 20.8 Å². The van der Waals surface area contributed by atoms with Crippen LogP contribution >= 0.6 is 0 Å². The zero-order valence-electron chi connectivity index (χ0n) is 13.1. The molecule has 3 rings (SSSR count). The maximum atomic E-state index is 6.11. The van der Waals surface area contributed by atoms with E-state index in [1.165, 1.54) is 31.5 Å². The molecule has 1 atom stereocenters. The van der Waals surface area contributed by atoms with E-state index in [9.17, 15) is 0 Å². The molecule has 20 heavy (non-hydrogen) atoms. The molecule has 0 spiro atoms. The quantitative estimate of drug-likeness (QED) is 0.858. The standard InChI is InChI=1S/C16H28N4/c1-16(2,3)12-6-4-11(5-7-12)15-19-18-14-9-8-13(17)10-20(14)15/h11-13H,4-10,17H2,1-3H3. The Morgan fingerprint density at radius 3 is 2.40 bits per heavy atom. The van der Waals surface area contributed by atoms with Gasteiger partial charge in [-0.3, -0.25) is 0 Å². The molecule has 0 radical (unpaired) electrons. The molecule has 1 aromatic heterocycles. The Balaban J connectivity index is 1.72. The van der Waals surface area contributed by atoms with Crippen molar-refractivity contribution >= 4 is 0 Å². The number of hydrogen-bond donors (Lipinski definition) is 1. The molecule has 1 aromatic rings. The third-order valence-corrected chi connectivity index (χ3v) is 5.33. The average molecular weight is 276 g/mol. The first kappa shape index (κ1) is 14.1. The molecule has 0 amide bonds. The van der Waals surface area contributed by atoms with Crippen LogP contribution in [0.15, 0.2) is 0 Å². The summed E-state index contributed by atoms with van der Waals surface area (Å²) in [7, 11) is 0. The largest absolute Gasteiger partial charge is 0.326 e. The van der Waals surface area contributed by atoms with Crippen molar-refractivity contribution in [1.82, 2.24) is 14.8 Å². The van der Waals surface area contributed by atoms with Gasteiger partial charge < -0.3 is 10.3 Å². The van der Waals surface area contributed by atoms with Gasteiger partial charge in [0.2, 0.25) is 0 Å². The van der Waals surface area contributed by atoms with Gasteiger partial charge in [0.1, 0.15) is 11.6 Å². The minimum absolute atomic E-state index is 0.281. The fourth-order valence-electron chi connectivity index (χ4n) is 3.89. The number of hydrogen-bond acceptors (Lipinski definition) is 3. The van der Waals surface area contributed by atoms with Crippen molar-refractivity contribution in [2.45, 2.75) is 77.8 Å². The van der Waals surface area contributed by atoms with E-state index in [4.69, 9.17) is 5.73 Å². The van der Waals surface area contributed by atoms with E-state index in [0.717, 1.165) is 31.1 Å². The number of rotatable bonds is 1. The SMILES string of the molecule is CC(C)(C)C1CCC(c2nnc3n2CC(N)CC3)CC1. The molecule has 2 aliphatic rings. The summed E-state index contributed by atoms with van der Waals surface area (Å²) in [5.41, 5.74) is 6.55. The molecule has 112 valence electrons. The lowest BCUT2D eigenvalue weighted by Gasteiger charge is -2.37. The molecule has 4 nitrogen and oxygen atoms in total. The van der Waals surface area contributed by atoms with Gasteiger partial charge in [0.15, 0.2) is 0 Å². The highest BCUT2D eigenvalue weighted by Crippen LogP contribution is 2.43. The van der Waals surface area contributed by atoms with E-state index in [-0.39, 0.29) is 6.04 Å². The fourth-order valence-corrected chi connectivity index (χ4v) is 3.89. The van der Waals surface area contributed by atoms with Gasteiger partial charge in [0.05, 0.1) is 0 Å². The van der Waals surface area contributed by atoms with Gasteiger partial charge in [-0.2, -0.15) is 0 Å². The smallest absolute Gasteiger partial charge is 0.136 e. The second kappa shape index (κ2) is 5.14. The summed E-state index contributed by atoms with van der Waals surface area (Å²) >= 11 is 0. The molecule has 0 aromatic carbocycles. The summed E-state index contributed by atoms with van der Waals surface area (Å²) in [6, 6.07) is 0.281. The molecule has 2 heterocycles. The summed E-state index contributed by atoms with van der Waals surface area (Å²) in [4.78, 5) is 0. The van der Waals surface area contributed by atoms with Crippen LogP contribution in [0, 0.1) is 11.3 Å². The molecule has 0 bridgehead atoms. The molecule has 2 N–H and O–H groups in total. The molecular formula is C16H28N4. The van der Waals surface area contributed by atoms with Crippen LogP contribution in [0.4, 0.5) is 0 Å². The Bertz CT molecular complexity index is 463. The van der Waals surface area contributed by atoms with E-state index in [0.29, 0.717) is 11.3 Å². The van der Waals surface area contributed by atoms with Gasteiger partial charge >= 0.3 is 0 Å². The summed E-state index contributed by atoms with van der Waals surface area (Å²) in [5, 5.41) is 8.89. The van der Waals surface area contributed by atoms with Crippen molar-refractivity contribution < 1.29 is 0 Å². The van der Waals surface area contributed by atoms with E-state index >= 15 is 0 Å². The first-order chi connectivity index (χ1) is 9.45. The van der Waals surface area contributed by atoms with Crippen LogP contribution < -0.4 is 5.73 Å². The van der Waals surface area contributed by atoms with Crippen LogP contribution in [-0.2, 0) is 13.0 Å². The normalized spacial score (nSPS) is 31.1. The van der Waals surface area contributed by atoms with Crippen molar-refractivity contribution in [3.63, 3.8) is 0 Å². The van der Waals surface area contributed by atoms with Crippen LogP contribution in [0.2, 0.25) is 0 Å². The Morgan fingerprint density at radius 2 is 1.75 bits per heavy atom. The Labute approximate surface area is 122 Å². The van der Waals surface area contributed by atoms with Crippen LogP contribution in [0.5, 0.6) is 0 Å². The fraction of sp³-hybridized carbons (Fsp3) is 0.875. The van der Waals surface area contributed by atoms with Gasteiger partial charge in [-0.15, -0.1) is 10.2 Å². The van der Waals surface area contributed by atoms with Crippen molar-refractivity contribution in [1.29, 1.82) is 0 Å². The van der Waals surface area contributed by atoms with Crippen LogP contribution in [0.25, 0.3) is 0 Å². The van der Waals surface area contributed by atoms with Gasteiger partial charge in [0.25, 0.3) is 0 Å². The van der Waals surface area contributed by atoms with Crippen molar-refractivity contribution in [2.24, 2.45) is 17.1 Å². The first-order valence-electron chi connectivity index (χ1n) is 8.12. The van der Waals surface area contributed by atoms with Crippen LogP contribution in [-0.4, -0.2) is 20.8 Å². The number of nitrogens with two attached hydrogens (primary N) is 1. The van der Waals surface area contributed by atoms with Crippen LogP contribution in [0.1, 0.15) is 70.4 Å². The lowest BCUT2D eigenvalue weighted by molar-refractivity contribution is 0.165. The van der Waals surface area contributed by atoms with Crippen LogP contribution in [0.3, 0.4) is 0 Å². The molecule has 1 aliphatic carbocycles. The summed E-state index contributed by atoms with van der Waals surface area (Å²) < 4.78 is 2.32. The first-order valence-corrected chi connectivity index (χ1v) is 8.12. The van der Waals surface area contributed by atoms with E-state index in [1.54, 1.807) is 0 Å². The van der Waals surface area contributed by atoms with Gasteiger partial charge in [-0.05, 0) is 43.4 Å². The minimum atomic E-state index is 0.281. The second-order valence-electron chi connectivity index (χ2n) is 7.80. The topological polar surface area (TPSA) is 56.7 Å². The Morgan fingerprint density at radius 1 is 1.05 bits per heavy atom. The molecule has 1 fully saturated rings. The molecule has 1 unspecified atom stereocenters. The summed E-state index contributed by atoms with van der Waals surface area (Å²) in [6.07, 6.45) is 7.20. The molecule has 1 saturated carbocycles. The minimum Gasteiger partial charge on any atom is -0.326 e. The van der Waals surface area contributed by atoms with Gasteiger partial charge in [0, 0.05) is 24.9 Å². The lowest BCUT2D eigenvalue weighted by atomic mass is 9.69. The number of aryl methyl sites for hydroxylation is 1. The van der Waals surface area contributed by atoms with E-state index in [2.05, 4.69) is 35.5 Å². The molecule has 4 heteroatoms. The highest BCUT2D eigenvalue weighted by atomic mass is 15.3. The Hall–Kier alpha value is -0.900. The highest BCUT2D eigenvalue weighted by Gasteiger charge is 2.33. The van der Waals surface area contributed by atoms with E-state index < -0.39 is 0 Å². The number of fused-ring (bicyclic) bond motifs is 1. The zero-order chi connectivity index (χ0) is 14.3. The third kappa shape index (κ3) is 2.62. The van der Waals surface area contributed by atoms with Crippen molar-refractivity contribution in [3.05, 3.63) is 11.6 Å². The maximum absolute atomic E-state index is 6.11. The van der Waals surface area contributed by atoms with Crippen molar-refractivity contribution in [3.8, 4) is 0 Å². The number of nitrogens with zero attached hydrogens (tertiary/aromatic N) is 3. The average Bonchev–Trinajstić information content (AvgIpc) is 2.81. The monoisotopic (exact) mass is 276 g/mol. The Kier molecular flexibility index (Phi) is 3.61. The zero-order valence-corrected chi connectivity index (χ0v) is 13.1.